The normalized spacial score (nSPS) is 25.7. The molecule has 2 fully saturated rings. The molecule has 0 bridgehead atoms. The molecule has 2 amide bonds. The van der Waals surface area contributed by atoms with Gasteiger partial charge >= 0.3 is 12.0 Å². The number of carboxylic acid groups (broad SMARTS) is 1. The standard InChI is InChI=1S/C13H22N2O3/c1-9(10-5-6-10)14(2)13(18)15-7-3-4-11(8-15)12(16)17/h9-11H,3-8H2,1-2H3,(H,16,17)/t9?,11-/m0/s1. The first kappa shape index (κ1) is 13.2. The summed E-state index contributed by atoms with van der Waals surface area (Å²) in [5.74, 6) is -0.545. The van der Waals surface area contributed by atoms with Crippen LogP contribution < -0.4 is 0 Å². The first-order valence-electron chi connectivity index (χ1n) is 6.75. The van der Waals surface area contributed by atoms with Gasteiger partial charge in [0.05, 0.1) is 5.92 Å². The van der Waals surface area contributed by atoms with E-state index in [0.29, 0.717) is 25.4 Å². The molecule has 0 radical (unpaired) electrons. The molecule has 1 saturated carbocycles. The minimum absolute atomic E-state index is 0.0136. The van der Waals surface area contributed by atoms with Crippen LogP contribution in [0.2, 0.25) is 0 Å². The second kappa shape index (κ2) is 5.16. The molecule has 102 valence electrons. The molecular weight excluding hydrogens is 232 g/mol. The lowest BCUT2D eigenvalue weighted by Crippen LogP contribution is -2.50. The van der Waals surface area contributed by atoms with E-state index in [1.165, 1.54) is 12.8 Å². The maximum atomic E-state index is 12.3. The first-order chi connectivity index (χ1) is 8.50. The molecule has 1 unspecified atom stereocenters. The Morgan fingerprint density at radius 2 is 2.00 bits per heavy atom. The van der Waals surface area contributed by atoms with E-state index in [4.69, 9.17) is 5.11 Å². The number of carboxylic acids is 1. The van der Waals surface area contributed by atoms with Gasteiger partial charge in [-0.1, -0.05) is 0 Å². The van der Waals surface area contributed by atoms with Crippen LogP contribution in [-0.2, 0) is 4.79 Å². The number of aliphatic carboxylic acids is 1. The molecule has 2 atom stereocenters. The average molecular weight is 254 g/mol. The van der Waals surface area contributed by atoms with Crippen molar-refractivity contribution in [2.45, 2.75) is 38.6 Å². The third-order valence-corrected chi connectivity index (χ3v) is 4.26. The maximum absolute atomic E-state index is 12.3. The van der Waals surface area contributed by atoms with Crippen molar-refractivity contribution in [3.63, 3.8) is 0 Å². The Balaban J connectivity index is 1.93. The zero-order chi connectivity index (χ0) is 13.3. The molecule has 1 aliphatic carbocycles. The van der Waals surface area contributed by atoms with E-state index in [1.807, 2.05) is 7.05 Å². The smallest absolute Gasteiger partial charge is 0.320 e. The zero-order valence-corrected chi connectivity index (χ0v) is 11.1. The molecule has 2 aliphatic rings. The van der Waals surface area contributed by atoms with Crippen LogP contribution in [0.3, 0.4) is 0 Å². The van der Waals surface area contributed by atoms with Crippen LogP contribution in [0.25, 0.3) is 0 Å². The summed E-state index contributed by atoms with van der Waals surface area (Å²) in [6.45, 7) is 3.12. The van der Waals surface area contributed by atoms with E-state index in [-0.39, 0.29) is 12.1 Å². The van der Waals surface area contributed by atoms with Crippen LogP contribution in [0.5, 0.6) is 0 Å². The van der Waals surface area contributed by atoms with E-state index in [2.05, 4.69) is 6.92 Å². The topological polar surface area (TPSA) is 60.9 Å². The molecule has 5 heteroatoms. The number of nitrogens with zero attached hydrogens (tertiary/aromatic N) is 2. The summed E-state index contributed by atoms with van der Waals surface area (Å²) in [5.41, 5.74) is 0. The van der Waals surface area contributed by atoms with Gasteiger partial charge in [0.15, 0.2) is 0 Å². The molecule has 0 aromatic rings. The fourth-order valence-corrected chi connectivity index (χ4v) is 2.64. The van der Waals surface area contributed by atoms with Gasteiger partial charge in [-0.25, -0.2) is 4.79 Å². The van der Waals surface area contributed by atoms with Crippen LogP contribution in [-0.4, -0.2) is 53.1 Å². The highest BCUT2D eigenvalue weighted by atomic mass is 16.4. The van der Waals surface area contributed by atoms with Crippen LogP contribution in [0.4, 0.5) is 4.79 Å². The summed E-state index contributed by atoms with van der Waals surface area (Å²) in [6.07, 6.45) is 3.88. The van der Waals surface area contributed by atoms with Gasteiger partial charge in [0.25, 0.3) is 0 Å². The minimum atomic E-state index is -0.787. The second-order valence-electron chi connectivity index (χ2n) is 5.59. The summed E-state index contributed by atoms with van der Waals surface area (Å²) in [7, 11) is 1.83. The summed E-state index contributed by atoms with van der Waals surface area (Å²) in [4.78, 5) is 26.8. The molecule has 0 aromatic carbocycles. The number of amides is 2. The van der Waals surface area contributed by atoms with Gasteiger partial charge in [-0.15, -0.1) is 0 Å². The molecule has 0 spiro atoms. The van der Waals surface area contributed by atoms with Crippen LogP contribution in [0, 0.1) is 11.8 Å². The molecule has 1 saturated heterocycles. The van der Waals surface area contributed by atoms with E-state index in [9.17, 15) is 9.59 Å². The molecule has 1 N–H and O–H groups in total. The SMILES string of the molecule is CC(C1CC1)N(C)C(=O)N1CCC[C@H](C(=O)O)C1. The Labute approximate surface area is 108 Å². The Bertz CT molecular complexity index is 341. The summed E-state index contributed by atoms with van der Waals surface area (Å²) >= 11 is 0. The summed E-state index contributed by atoms with van der Waals surface area (Å²) in [6, 6.07) is 0.253. The highest BCUT2D eigenvalue weighted by molar-refractivity contribution is 5.76. The molecule has 2 rings (SSSR count). The van der Waals surface area contributed by atoms with Gasteiger partial charge in [-0.3, -0.25) is 4.79 Å². The van der Waals surface area contributed by atoms with Crippen molar-refractivity contribution in [3.8, 4) is 0 Å². The van der Waals surface area contributed by atoms with Crippen LogP contribution >= 0.6 is 0 Å². The molecule has 1 heterocycles. The van der Waals surface area contributed by atoms with Gasteiger partial charge in [0.2, 0.25) is 0 Å². The van der Waals surface area contributed by atoms with Crippen LogP contribution in [0.1, 0.15) is 32.6 Å². The molecule has 1 aliphatic heterocycles. The number of carbonyl (C=O) groups is 2. The average Bonchev–Trinajstić information content (AvgIpc) is 3.20. The highest BCUT2D eigenvalue weighted by Gasteiger charge is 2.35. The zero-order valence-electron chi connectivity index (χ0n) is 11.1. The van der Waals surface area contributed by atoms with Crippen molar-refractivity contribution in [2.24, 2.45) is 11.8 Å². The van der Waals surface area contributed by atoms with E-state index in [0.717, 1.165) is 6.42 Å². The Hall–Kier alpha value is -1.26. The van der Waals surface area contributed by atoms with Gasteiger partial charge < -0.3 is 14.9 Å². The van der Waals surface area contributed by atoms with Crippen molar-refractivity contribution < 1.29 is 14.7 Å². The van der Waals surface area contributed by atoms with E-state index < -0.39 is 11.9 Å². The number of hydrogen-bond acceptors (Lipinski definition) is 2. The van der Waals surface area contributed by atoms with Crippen molar-refractivity contribution in [1.29, 1.82) is 0 Å². The predicted octanol–water partition coefficient (Wildman–Crippen LogP) is 1.63. The Kier molecular flexibility index (Phi) is 3.78. The third kappa shape index (κ3) is 2.76. The lowest BCUT2D eigenvalue weighted by Gasteiger charge is -2.36. The number of urea groups is 1. The molecule has 18 heavy (non-hydrogen) atoms. The van der Waals surface area contributed by atoms with E-state index in [1.54, 1.807) is 9.80 Å². The maximum Gasteiger partial charge on any atom is 0.320 e. The Morgan fingerprint density at radius 3 is 2.56 bits per heavy atom. The van der Waals surface area contributed by atoms with Crippen molar-refractivity contribution in [1.82, 2.24) is 9.80 Å². The highest BCUT2D eigenvalue weighted by Crippen LogP contribution is 2.35. The van der Waals surface area contributed by atoms with Gasteiger partial charge in [0, 0.05) is 26.2 Å². The van der Waals surface area contributed by atoms with Gasteiger partial charge in [-0.05, 0) is 38.5 Å². The lowest BCUT2D eigenvalue weighted by atomic mass is 9.98. The van der Waals surface area contributed by atoms with E-state index >= 15 is 0 Å². The summed E-state index contributed by atoms with van der Waals surface area (Å²) in [5, 5.41) is 9.03. The van der Waals surface area contributed by atoms with Gasteiger partial charge in [0.1, 0.15) is 0 Å². The monoisotopic (exact) mass is 254 g/mol. The number of hydrogen-bond donors (Lipinski definition) is 1. The largest absolute Gasteiger partial charge is 0.481 e. The van der Waals surface area contributed by atoms with Crippen molar-refractivity contribution >= 4 is 12.0 Å². The number of piperidine rings is 1. The van der Waals surface area contributed by atoms with Crippen molar-refractivity contribution in [2.75, 3.05) is 20.1 Å². The fourth-order valence-electron chi connectivity index (χ4n) is 2.64. The minimum Gasteiger partial charge on any atom is -0.481 e. The van der Waals surface area contributed by atoms with Crippen LogP contribution in [0.15, 0.2) is 0 Å². The lowest BCUT2D eigenvalue weighted by molar-refractivity contribution is -0.143. The molecule has 0 aromatic heterocycles. The third-order valence-electron chi connectivity index (χ3n) is 4.26. The summed E-state index contributed by atoms with van der Waals surface area (Å²) < 4.78 is 0. The van der Waals surface area contributed by atoms with Gasteiger partial charge in [-0.2, -0.15) is 0 Å². The second-order valence-corrected chi connectivity index (χ2v) is 5.59. The number of rotatable bonds is 3. The number of likely N-dealkylation sites (tertiary alicyclic amines) is 1. The first-order valence-corrected chi connectivity index (χ1v) is 6.75. The molecular formula is C13H22N2O3. The predicted molar refractivity (Wildman–Crippen MR) is 67.3 cm³/mol. The quantitative estimate of drug-likeness (QED) is 0.832. The fraction of sp³-hybridized carbons (Fsp3) is 0.846. The molecule has 5 nitrogen and oxygen atoms in total. The Morgan fingerprint density at radius 1 is 1.33 bits per heavy atom. The van der Waals surface area contributed by atoms with Crippen molar-refractivity contribution in [3.05, 3.63) is 0 Å². The number of carbonyl (C=O) groups excluding carboxylic acids is 1.